The Morgan fingerprint density at radius 2 is 0.492 bits per heavy atom. The van der Waals surface area contributed by atoms with Gasteiger partial charge in [0.2, 0.25) is 35.4 Å². The van der Waals surface area contributed by atoms with Crippen LogP contribution in [0, 0.1) is 0 Å². The van der Waals surface area contributed by atoms with Gasteiger partial charge in [0.15, 0.2) is 75.1 Å². The number of ether oxygens (including phenoxy) is 20. The molecule has 0 bridgehead atoms. The summed E-state index contributed by atoms with van der Waals surface area (Å²) in [6.07, 6.45) is -77.2. The quantitative estimate of drug-likeness (QED) is 0.0297. The third-order valence-corrected chi connectivity index (χ3v) is 23.2. The normalized spacial score (nSPS) is 47.0. The van der Waals surface area contributed by atoms with E-state index in [-0.39, 0.29) is 0 Å². The number of carbonyl (C=O) groups excluding carboxylic acids is 6. The number of carboxylic acid groups (broad SMARTS) is 2. The van der Waals surface area contributed by atoms with Gasteiger partial charge in [0.05, 0.1) is 63.3 Å². The Balaban J connectivity index is 0.000000293. The van der Waals surface area contributed by atoms with Crippen molar-refractivity contribution in [3.63, 3.8) is 0 Å². The minimum absolute atomic E-state index is 0.410. The topological polar surface area (TPSA) is 850 Å². The van der Waals surface area contributed by atoms with Crippen molar-refractivity contribution in [1.82, 2.24) is 31.9 Å². The highest BCUT2D eigenvalue weighted by Gasteiger charge is 2.63. The summed E-state index contributed by atoms with van der Waals surface area (Å²) in [5.74, 6) is -7.95. The van der Waals surface area contributed by atoms with Crippen molar-refractivity contribution < 1.29 is 235 Å². The monoisotopic (exact) mass is 1890 g/mol. The maximum absolute atomic E-state index is 13.1. The van der Waals surface area contributed by atoms with Crippen molar-refractivity contribution in [1.29, 1.82) is 0 Å². The lowest BCUT2D eigenvalue weighted by molar-refractivity contribution is -0.388. The molecule has 10 aliphatic heterocycles. The first kappa shape index (κ1) is 108. The molecule has 0 aromatic carbocycles. The lowest BCUT2D eigenvalue weighted by atomic mass is 9.93. The first-order valence-corrected chi connectivity index (χ1v) is 41.6. The molecule has 50 atom stereocenters. The van der Waals surface area contributed by atoms with Gasteiger partial charge in [-0.25, -0.2) is 9.59 Å². The van der Waals surface area contributed by atoms with Crippen LogP contribution in [-0.4, -0.2) is 483 Å². The Morgan fingerprint density at radius 1 is 0.246 bits per heavy atom. The van der Waals surface area contributed by atoms with Gasteiger partial charge in [-0.2, -0.15) is 0 Å². The van der Waals surface area contributed by atoms with Crippen LogP contribution in [0.3, 0.4) is 0 Å². The SMILES string of the molecule is CC(=O)NC1[C@H](OC2[C@H](O[C@@H]3C(NC(C)=O)[C@H](O[C@@H]4C(NC(C)=O)[C@H](OCN)OC(C)[C@@H]4O)O[C@@H](C)[C@H]3O[C@@H]3OC(CO)[C@@H](O)[C@H](O)C3O)OC(C(=O)O)[C@@H](O)[C@@H]2O)O[C@@H](C)[C@@H](O)[C@@H]1O.CC(=O)NC1[C@H](OC2[C@H](O[C@@H]3C(NC(C)=O)[C@H](O[C@@H]4C(NC(C)=O)[C@H](OCN)OC(C)[C@H]4O)O[C@@H](C)[C@H]3O[C@@H]3OC(CO)[C@@H](O)[C@H](O)C3O)OC(C(=O)O)[C@@H](O)[C@@H]2O)O[C@@H](C)[C@@H](O)[C@@H]1O. The fourth-order valence-corrected chi connectivity index (χ4v) is 16.6. The Bertz CT molecular complexity index is 3470. The number of amides is 6. The van der Waals surface area contributed by atoms with E-state index in [2.05, 4.69) is 31.9 Å². The summed E-state index contributed by atoms with van der Waals surface area (Å²) in [6.45, 7) is 12.3. The van der Waals surface area contributed by atoms with Crippen LogP contribution < -0.4 is 43.4 Å². The molecule has 10 heterocycles. The highest BCUT2D eigenvalue weighted by molar-refractivity contribution is 5.76. The van der Waals surface area contributed by atoms with Crippen molar-refractivity contribution in [3.8, 4) is 0 Å². The average molecular weight is 1890 g/mol. The van der Waals surface area contributed by atoms with E-state index < -0.39 is 381 Å². The molecule has 0 radical (unpaired) electrons. The summed E-state index contributed by atoms with van der Waals surface area (Å²) in [6, 6.07) is -9.15. The van der Waals surface area contributed by atoms with Gasteiger partial charge in [0.25, 0.3) is 0 Å². The molecule has 10 rings (SSSR count). The minimum atomic E-state index is -2.26. The van der Waals surface area contributed by atoms with Gasteiger partial charge in [-0.05, 0) is 41.5 Å². The molecule has 56 heteroatoms. The van der Waals surface area contributed by atoms with E-state index in [4.69, 9.17) is 106 Å². The molecule has 0 aromatic rings. The van der Waals surface area contributed by atoms with Gasteiger partial charge in [-0.3, -0.25) is 28.8 Å². The number of nitrogens with one attached hydrogen (secondary N) is 6. The van der Waals surface area contributed by atoms with Crippen molar-refractivity contribution in [2.24, 2.45) is 11.5 Å². The smallest absolute Gasteiger partial charge is 0.335 e. The third-order valence-electron chi connectivity index (χ3n) is 23.2. The number of carboxylic acids is 2. The van der Waals surface area contributed by atoms with Crippen LogP contribution in [0.25, 0.3) is 0 Å². The fourth-order valence-electron chi connectivity index (χ4n) is 16.6. The summed E-state index contributed by atoms with van der Waals surface area (Å²) in [4.78, 5) is 100. The lowest BCUT2D eigenvalue weighted by Gasteiger charge is -2.52. The third kappa shape index (κ3) is 24.9. The average Bonchev–Trinajstić information content (AvgIpc) is 0.757. The Kier molecular flexibility index (Phi) is 38.8. The van der Waals surface area contributed by atoms with E-state index in [0.29, 0.717) is 0 Å². The van der Waals surface area contributed by atoms with Gasteiger partial charge in [0.1, 0.15) is 195 Å². The molecule has 30 N–H and O–H groups in total. The minimum Gasteiger partial charge on any atom is -0.479 e. The predicted octanol–water partition coefficient (Wildman–Crippen LogP) is -16.8. The predicted molar refractivity (Wildman–Crippen MR) is 411 cm³/mol. The Morgan fingerprint density at radius 3 is 0.777 bits per heavy atom. The number of carbonyl (C=O) groups is 8. The van der Waals surface area contributed by atoms with Gasteiger partial charge < -0.3 is 240 Å². The van der Waals surface area contributed by atoms with Crippen LogP contribution in [0.1, 0.15) is 83.1 Å². The number of aliphatic carboxylic acids is 2. The molecule has 0 aromatic heterocycles. The number of hydrogen-bond acceptors (Lipinski definition) is 48. The van der Waals surface area contributed by atoms with Crippen LogP contribution in [0.4, 0.5) is 0 Å². The Hall–Kier alpha value is -5.84. The first-order chi connectivity index (χ1) is 61.0. The molecule has 10 fully saturated rings. The maximum atomic E-state index is 13.1. The van der Waals surface area contributed by atoms with Crippen molar-refractivity contribution in [3.05, 3.63) is 0 Å². The molecule has 0 aliphatic carbocycles. The Labute approximate surface area is 740 Å². The molecule has 748 valence electrons. The zero-order valence-corrected chi connectivity index (χ0v) is 72.2. The highest BCUT2D eigenvalue weighted by Crippen LogP contribution is 2.42. The van der Waals surface area contributed by atoms with Crippen LogP contribution >= 0.6 is 0 Å². The summed E-state index contributed by atoms with van der Waals surface area (Å²) in [5.41, 5.74) is 11.3. The molecule has 56 nitrogen and oxygen atoms in total. The second-order valence-corrected chi connectivity index (χ2v) is 32.9. The van der Waals surface area contributed by atoms with Crippen molar-refractivity contribution in [2.75, 3.05) is 26.7 Å². The second kappa shape index (κ2) is 46.8. The van der Waals surface area contributed by atoms with Crippen molar-refractivity contribution in [2.45, 2.75) is 390 Å². The van der Waals surface area contributed by atoms with Gasteiger partial charge in [-0.1, -0.05) is 0 Å². The first-order valence-electron chi connectivity index (χ1n) is 41.6. The molecule has 6 amide bonds. The molecule has 130 heavy (non-hydrogen) atoms. The van der Waals surface area contributed by atoms with Gasteiger partial charge in [-0.15, -0.1) is 0 Å². The molecule has 0 saturated carbocycles. The summed E-state index contributed by atoms with van der Waals surface area (Å²) >= 11 is 0. The van der Waals surface area contributed by atoms with Gasteiger partial charge >= 0.3 is 11.9 Å². The molecular weight excluding hydrogens is 1770 g/mol. The van der Waals surface area contributed by atoms with E-state index >= 15 is 0 Å². The number of nitrogens with two attached hydrogens (primary N) is 2. The van der Waals surface area contributed by atoms with E-state index in [1.807, 2.05) is 0 Å². The summed E-state index contributed by atoms with van der Waals surface area (Å²) in [7, 11) is 0. The molecule has 10 saturated heterocycles. The maximum Gasteiger partial charge on any atom is 0.335 e. The number of rotatable bonds is 30. The van der Waals surface area contributed by atoms with Crippen LogP contribution in [0.2, 0.25) is 0 Å². The lowest BCUT2D eigenvalue weighted by Crippen LogP contribution is -2.71. The molecule has 16 unspecified atom stereocenters. The van der Waals surface area contributed by atoms with E-state index in [1.165, 1.54) is 41.5 Å². The largest absolute Gasteiger partial charge is 0.479 e. The second-order valence-electron chi connectivity index (χ2n) is 32.9. The molecule has 0 spiro atoms. The summed E-state index contributed by atoms with van der Waals surface area (Å²) in [5, 5.41) is 230. The van der Waals surface area contributed by atoms with E-state index in [9.17, 15) is 140 Å². The van der Waals surface area contributed by atoms with E-state index in [1.54, 1.807) is 0 Å². The standard InChI is InChI=1S/2C37H62N4O24/c2*1-9-19(46)22(49)16(39-12(4)43)34(58-9)65-31-25(52)24(51)30(32(54)55)64-37(31)63-29-18(41-14(6)45)35(62-28-17(40-13(5)44)33(56-8-38)57-10(2)20(28)47)59-11(3)27(29)61-36-26(53)23(50)21(48)15(7-42)60-36/h2*9-11,15-31,33-37,42,46-53H,7-8,38H2,1-6H3,(H,39,43)(H,40,44)(H,41,45)(H,54,55)/t9-,10?,11-,15?,16?,17?,18?,19+,20+,21+,22+,23-,24-,25-,26?,27+,28+,29+,30?,31?,33+,34-,35-,36-,37+;9-,10?,11-,15?,16?,17?,18?,19+,20-,21+,22+,23-,24-,25-,26?,27+,28+,29+,30?,31?,33+,34-,35-,36-,37+/m00/s1. The van der Waals surface area contributed by atoms with Crippen molar-refractivity contribution >= 4 is 47.4 Å². The number of hydrogen-bond donors (Lipinski definition) is 28. The molecular formula is C74H124N8O48. The fraction of sp³-hybridized carbons (Fsp3) is 0.892. The number of aliphatic hydroxyl groups is 18. The van der Waals surface area contributed by atoms with Crippen LogP contribution in [-0.2, 0) is 133 Å². The highest BCUT2D eigenvalue weighted by atomic mass is 16.8. The van der Waals surface area contributed by atoms with Gasteiger partial charge in [0, 0.05) is 41.5 Å². The zero-order chi connectivity index (χ0) is 96.7. The van der Waals surface area contributed by atoms with Crippen LogP contribution in [0.5, 0.6) is 0 Å². The zero-order valence-electron chi connectivity index (χ0n) is 72.2. The summed E-state index contributed by atoms with van der Waals surface area (Å²) < 4.78 is 119. The number of aliphatic hydroxyl groups excluding tert-OH is 18. The molecule has 10 aliphatic rings. The van der Waals surface area contributed by atoms with Crippen LogP contribution in [0.15, 0.2) is 0 Å². The van der Waals surface area contributed by atoms with E-state index in [0.717, 1.165) is 41.5 Å².